The Morgan fingerprint density at radius 1 is 1.33 bits per heavy atom. The zero-order valence-corrected chi connectivity index (χ0v) is 15.9. The summed E-state index contributed by atoms with van der Waals surface area (Å²) in [5, 5.41) is 6.25. The Morgan fingerprint density at radius 3 is 2.85 bits per heavy atom. The Kier molecular flexibility index (Phi) is 6.31. The van der Waals surface area contributed by atoms with Gasteiger partial charge in [0, 0.05) is 31.5 Å². The summed E-state index contributed by atoms with van der Waals surface area (Å²) in [5.41, 5.74) is 0.645. The van der Waals surface area contributed by atoms with Crippen molar-refractivity contribution in [2.75, 3.05) is 38.0 Å². The van der Waals surface area contributed by atoms with E-state index in [1.54, 1.807) is 12.1 Å². The lowest BCUT2D eigenvalue weighted by Crippen LogP contribution is -2.21. The van der Waals surface area contributed by atoms with E-state index >= 15 is 0 Å². The maximum Gasteiger partial charge on any atom is 0.274 e. The number of nitrogens with zero attached hydrogens (tertiary/aromatic N) is 2. The van der Waals surface area contributed by atoms with Crippen LogP contribution >= 0.6 is 11.6 Å². The van der Waals surface area contributed by atoms with Crippen molar-refractivity contribution in [1.82, 2.24) is 9.97 Å². The zero-order valence-electron chi connectivity index (χ0n) is 15.1. The van der Waals surface area contributed by atoms with Crippen LogP contribution in [-0.2, 0) is 4.74 Å². The van der Waals surface area contributed by atoms with Crippen LogP contribution in [0.1, 0.15) is 23.3 Å². The van der Waals surface area contributed by atoms with Gasteiger partial charge >= 0.3 is 0 Å². The van der Waals surface area contributed by atoms with Crippen LogP contribution in [0, 0.1) is 0 Å². The maximum absolute atomic E-state index is 12.6. The molecule has 0 spiro atoms. The van der Waals surface area contributed by atoms with E-state index in [0.29, 0.717) is 34.7 Å². The first-order valence-electron chi connectivity index (χ1n) is 8.52. The number of hydrogen-bond donors (Lipinski definition) is 2. The van der Waals surface area contributed by atoms with E-state index in [0.717, 1.165) is 19.4 Å². The SMILES string of the molecule is COc1cc(NC(=O)c2ccnc(NCC3CCCO3)n2)c(OC)cc1Cl. The Bertz CT molecular complexity index is 812. The van der Waals surface area contributed by atoms with Gasteiger partial charge in [0.1, 0.15) is 17.2 Å². The molecule has 0 bridgehead atoms. The van der Waals surface area contributed by atoms with Crippen LogP contribution in [0.3, 0.4) is 0 Å². The van der Waals surface area contributed by atoms with E-state index in [-0.39, 0.29) is 11.8 Å². The molecule has 2 N–H and O–H groups in total. The minimum Gasteiger partial charge on any atom is -0.495 e. The second kappa shape index (κ2) is 8.88. The smallest absolute Gasteiger partial charge is 0.274 e. The predicted molar refractivity (Wildman–Crippen MR) is 102 cm³/mol. The van der Waals surface area contributed by atoms with Crippen molar-refractivity contribution in [3.05, 3.63) is 35.1 Å². The number of aromatic nitrogens is 2. The molecule has 27 heavy (non-hydrogen) atoms. The molecule has 1 fully saturated rings. The topological polar surface area (TPSA) is 94.6 Å². The highest BCUT2D eigenvalue weighted by Gasteiger charge is 2.17. The number of anilines is 2. The van der Waals surface area contributed by atoms with Crippen molar-refractivity contribution in [2.45, 2.75) is 18.9 Å². The van der Waals surface area contributed by atoms with Gasteiger partial charge in [-0.1, -0.05) is 11.6 Å². The predicted octanol–water partition coefficient (Wildman–Crippen LogP) is 2.99. The fourth-order valence-corrected chi connectivity index (χ4v) is 2.96. The average Bonchev–Trinajstić information content (AvgIpc) is 3.21. The molecule has 8 nitrogen and oxygen atoms in total. The van der Waals surface area contributed by atoms with Gasteiger partial charge in [-0.05, 0) is 18.9 Å². The van der Waals surface area contributed by atoms with Crippen molar-refractivity contribution < 1.29 is 19.0 Å². The standard InChI is InChI=1S/C18H21ClN4O4/c1-25-15-9-14(16(26-2)8-12(15)19)22-17(24)13-5-6-20-18(23-13)21-10-11-4-3-7-27-11/h5-6,8-9,11H,3-4,7,10H2,1-2H3,(H,22,24)(H,20,21,23). The fourth-order valence-electron chi connectivity index (χ4n) is 2.73. The molecule has 2 aromatic rings. The monoisotopic (exact) mass is 392 g/mol. The van der Waals surface area contributed by atoms with Crippen LogP contribution in [0.2, 0.25) is 5.02 Å². The van der Waals surface area contributed by atoms with Gasteiger partial charge in [0.2, 0.25) is 5.95 Å². The Morgan fingerprint density at radius 2 is 2.15 bits per heavy atom. The number of hydrogen-bond acceptors (Lipinski definition) is 7. The normalized spacial score (nSPS) is 16.0. The number of carbonyl (C=O) groups is 1. The minimum atomic E-state index is -0.403. The highest BCUT2D eigenvalue weighted by molar-refractivity contribution is 6.32. The maximum atomic E-state index is 12.6. The van der Waals surface area contributed by atoms with E-state index in [4.69, 9.17) is 25.8 Å². The van der Waals surface area contributed by atoms with Gasteiger partial charge in [0.25, 0.3) is 5.91 Å². The average molecular weight is 393 g/mol. The van der Waals surface area contributed by atoms with E-state index in [9.17, 15) is 4.79 Å². The van der Waals surface area contributed by atoms with Gasteiger partial charge in [0.05, 0.1) is 31.0 Å². The molecule has 1 aromatic heterocycles. The fraction of sp³-hybridized carbons (Fsp3) is 0.389. The van der Waals surface area contributed by atoms with Crippen LogP contribution in [-0.4, -0.2) is 49.4 Å². The molecule has 0 aliphatic carbocycles. The number of benzene rings is 1. The third-order valence-corrected chi connectivity index (χ3v) is 4.42. The number of rotatable bonds is 7. The molecule has 1 saturated heterocycles. The summed E-state index contributed by atoms with van der Waals surface area (Å²) in [6.07, 6.45) is 3.74. The van der Waals surface area contributed by atoms with Crippen molar-refractivity contribution in [3.63, 3.8) is 0 Å². The number of ether oxygens (including phenoxy) is 3. The molecule has 3 rings (SSSR count). The van der Waals surface area contributed by atoms with Crippen molar-refractivity contribution in [3.8, 4) is 11.5 Å². The number of nitrogens with one attached hydrogen (secondary N) is 2. The number of methoxy groups -OCH3 is 2. The Hall–Kier alpha value is -2.58. The number of carbonyl (C=O) groups excluding carboxylic acids is 1. The van der Waals surface area contributed by atoms with Crippen LogP contribution in [0.5, 0.6) is 11.5 Å². The molecule has 1 amide bonds. The number of amides is 1. The van der Waals surface area contributed by atoms with Crippen molar-refractivity contribution >= 4 is 29.1 Å². The molecule has 1 aliphatic heterocycles. The largest absolute Gasteiger partial charge is 0.495 e. The summed E-state index contributed by atoms with van der Waals surface area (Å²) in [6, 6.07) is 4.70. The van der Waals surface area contributed by atoms with Crippen LogP contribution in [0.15, 0.2) is 24.4 Å². The number of halogens is 1. The van der Waals surface area contributed by atoms with Crippen molar-refractivity contribution in [2.24, 2.45) is 0 Å². The van der Waals surface area contributed by atoms with Crippen LogP contribution in [0.4, 0.5) is 11.6 Å². The lowest BCUT2D eigenvalue weighted by molar-refractivity contribution is 0.102. The summed E-state index contributed by atoms with van der Waals surface area (Å²) in [6.45, 7) is 1.38. The lowest BCUT2D eigenvalue weighted by atomic mass is 10.2. The lowest BCUT2D eigenvalue weighted by Gasteiger charge is -2.13. The molecule has 2 heterocycles. The second-order valence-corrected chi connectivity index (χ2v) is 6.33. The van der Waals surface area contributed by atoms with Gasteiger partial charge in [-0.15, -0.1) is 0 Å². The molecule has 144 valence electrons. The molecule has 1 unspecified atom stereocenters. The van der Waals surface area contributed by atoms with Crippen LogP contribution < -0.4 is 20.1 Å². The molecular weight excluding hydrogens is 372 g/mol. The van der Waals surface area contributed by atoms with Crippen LogP contribution in [0.25, 0.3) is 0 Å². The quantitative estimate of drug-likeness (QED) is 0.747. The molecule has 9 heteroatoms. The summed E-state index contributed by atoms with van der Waals surface area (Å²) in [4.78, 5) is 21.0. The molecular formula is C18H21ClN4O4. The van der Waals surface area contributed by atoms with Crippen molar-refractivity contribution in [1.29, 1.82) is 0 Å². The minimum absolute atomic E-state index is 0.150. The first-order valence-corrected chi connectivity index (χ1v) is 8.90. The Balaban J connectivity index is 1.71. The van der Waals surface area contributed by atoms with E-state index in [2.05, 4.69) is 20.6 Å². The highest BCUT2D eigenvalue weighted by Crippen LogP contribution is 2.36. The van der Waals surface area contributed by atoms with E-state index in [1.165, 1.54) is 26.5 Å². The van der Waals surface area contributed by atoms with E-state index in [1.807, 2.05) is 0 Å². The van der Waals surface area contributed by atoms with E-state index < -0.39 is 5.91 Å². The summed E-state index contributed by atoms with van der Waals surface area (Å²) >= 11 is 6.09. The third kappa shape index (κ3) is 4.78. The summed E-state index contributed by atoms with van der Waals surface area (Å²) < 4.78 is 16.0. The zero-order chi connectivity index (χ0) is 19.2. The molecule has 1 aliphatic rings. The highest BCUT2D eigenvalue weighted by atomic mass is 35.5. The van der Waals surface area contributed by atoms with Gasteiger partial charge in [-0.3, -0.25) is 4.79 Å². The molecule has 1 atom stereocenters. The van der Waals surface area contributed by atoms with Gasteiger partial charge in [-0.2, -0.15) is 0 Å². The molecule has 0 radical (unpaired) electrons. The van der Waals surface area contributed by atoms with Gasteiger partial charge in [0.15, 0.2) is 0 Å². The third-order valence-electron chi connectivity index (χ3n) is 4.12. The second-order valence-electron chi connectivity index (χ2n) is 5.92. The van der Waals surface area contributed by atoms with Gasteiger partial charge < -0.3 is 24.8 Å². The molecule has 0 saturated carbocycles. The first-order chi connectivity index (χ1) is 13.1. The Labute approximate surface area is 162 Å². The van der Waals surface area contributed by atoms with Gasteiger partial charge in [-0.25, -0.2) is 9.97 Å². The molecule has 1 aromatic carbocycles. The first kappa shape index (κ1) is 19.2. The summed E-state index contributed by atoms with van der Waals surface area (Å²) in [7, 11) is 2.99. The summed E-state index contributed by atoms with van der Waals surface area (Å²) in [5.74, 6) is 0.813.